The minimum Gasteiger partial charge on any atom is -0.394 e. The molecular weight excluding hydrogens is 252 g/mol. The van der Waals surface area contributed by atoms with E-state index in [2.05, 4.69) is 0 Å². The van der Waals surface area contributed by atoms with Crippen molar-refractivity contribution in [2.45, 2.75) is 43.7 Å². The van der Waals surface area contributed by atoms with Crippen LogP contribution < -0.4 is 0 Å². The van der Waals surface area contributed by atoms with E-state index in [1.54, 1.807) is 0 Å². The number of hydrogen-bond donors (Lipinski definition) is 1. The standard InChI is InChI=1S/C14H17ClO3/c15-11-6-2-1-5-10(11)13-12(9-16)17-14(18-13)7-3-4-8-14/h1-2,5-6,12-13,16H,3-4,7-9H2. The minimum absolute atomic E-state index is 0.0440. The van der Waals surface area contributed by atoms with Crippen LogP contribution in [-0.2, 0) is 9.47 Å². The lowest BCUT2D eigenvalue weighted by atomic mass is 10.1. The fourth-order valence-corrected chi connectivity index (χ4v) is 3.17. The molecule has 1 spiro atoms. The Morgan fingerprint density at radius 1 is 1.22 bits per heavy atom. The summed E-state index contributed by atoms with van der Waals surface area (Å²) in [5, 5.41) is 10.2. The molecule has 0 aromatic heterocycles. The number of rotatable bonds is 2. The van der Waals surface area contributed by atoms with E-state index in [-0.39, 0.29) is 18.8 Å². The van der Waals surface area contributed by atoms with Crippen LogP contribution in [0.3, 0.4) is 0 Å². The first-order chi connectivity index (χ1) is 8.74. The molecule has 1 aromatic rings. The Hall–Kier alpha value is -0.610. The minimum atomic E-state index is -0.489. The van der Waals surface area contributed by atoms with Gasteiger partial charge in [-0.25, -0.2) is 0 Å². The monoisotopic (exact) mass is 268 g/mol. The van der Waals surface area contributed by atoms with E-state index in [1.807, 2.05) is 24.3 Å². The van der Waals surface area contributed by atoms with Gasteiger partial charge in [0.15, 0.2) is 5.79 Å². The van der Waals surface area contributed by atoms with Gasteiger partial charge in [-0.2, -0.15) is 0 Å². The van der Waals surface area contributed by atoms with Crippen molar-refractivity contribution in [3.8, 4) is 0 Å². The van der Waals surface area contributed by atoms with Crippen LogP contribution in [0.15, 0.2) is 24.3 Å². The van der Waals surface area contributed by atoms with Gasteiger partial charge >= 0.3 is 0 Å². The summed E-state index contributed by atoms with van der Waals surface area (Å²) in [5.74, 6) is -0.489. The van der Waals surface area contributed by atoms with Crippen LogP contribution in [0.25, 0.3) is 0 Å². The predicted molar refractivity (Wildman–Crippen MR) is 68.4 cm³/mol. The first-order valence-corrected chi connectivity index (χ1v) is 6.83. The summed E-state index contributed by atoms with van der Waals surface area (Å²) in [4.78, 5) is 0. The number of aliphatic hydroxyl groups excluding tert-OH is 1. The average Bonchev–Trinajstić information content (AvgIpc) is 2.98. The van der Waals surface area contributed by atoms with Gasteiger partial charge in [0, 0.05) is 23.4 Å². The Morgan fingerprint density at radius 2 is 1.94 bits per heavy atom. The van der Waals surface area contributed by atoms with E-state index in [0.717, 1.165) is 31.2 Å². The smallest absolute Gasteiger partial charge is 0.169 e. The van der Waals surface area contributed by atoms with Crippen molar-refractivity contribution < 1.29 is 14.6 Å². The summed E-state index contributed by atoms with van der Waals surface area (Å²) < 4.78 is 12.1. The Balaban J connectivity index is 1.89. The van der Waals surface area contributed by atoms with E-state index < -0.39 is 5.79 Å². The molecule has 0 amide bonds. The second-order valence-electron chi connectivity index (χ2n) is 5.02. The highest BCUT2D eigenvalue weighted by atomic mass is 35.5. The van der Waals surface area contributed by atoms with E-state index in [1.165, 1.54) is 0 Å². The summed E-state index contributed by atoms with van der Waals surface area (Å²) >= 11 is 6.20. The van der Waals surface area contributed by atoms with Gasteiger partial charge in [0.1, 0.15) is 12.2 Å². The molecule has 2 fully saturated rings. The molecule has 18 heavy (non-hydrogen) atoms. The number of hydrogen-bond acceptors (Lipinski definition) is 3. The SMILES string of the molecule is OCC1OC2(CCCC2)OC1c1ccccc1Cl. The van der Waals surface area contributed by atoms with Crippen molar-refractivity contribution >= 4 is 11.6 Å². The molecule has 3 nitrogen and oxygen atoms in total. The molecule has 1 heterocycles. The molecule has 98 valence electrons. The van der Waals surface area contributed by atoms with Crippen molar-refractivity contribution in [2.75, 3.05) is 6.61 Å². The molecule has 2 aliphatic rings. The zero-order valence-electron chi connectivity index (χ0n) is 10.1. The van der Waals surface area contributed by atoms with E-state index in [9.17, 15) is 5.11 Å². The van der Waals surface area contributed by atoms with Crippen LogP contribution in [-0.4, -0.2) is 23.6 Å². The zero-order chi connectivity index (χ0) is 12.6. The van der Waals surface area contributed by atoms with Crippen LogP contribution in [0.4, 0.5) is 0 Å². The summed E-state index contributed by atoms with van der Waals surface area (Å²) in [7, 11) is 0. The Morgan fingerprint density at radius 3 is 2.61 bits per heavy atom. The normalized spacial score (nSPS) is 30.1. The number of aliphatic hydroxyl groups is 1. The maximum atomic E-state index is 9.48. The quantitative estimate of drug-likeness (QED) is 0.896. The Kier molecular flexibility index (Phi) is 3.32. The van der Waals surface area contributed by atoms with Gasteiger partial charge in [-0.15, -0.1) is 0 Å². The van der Waals surface area contributed by atoms with E-state index in [0.29, 0.717) is 5.02 Å². The largest absolute Gasteiger partial charge is 0.394 e. The third-order valence-electron chi connectivity index (χ3n) is 3.80. The van der Waals surface area contributed by atoms with Crippen molar-refractivity contribution in [1.82, 2.24) is 0 Å². The Labute approximate surface area is 112 Å². The van der Waals surface area contributed by atoms with Gasteiger partial charge in [0.05, 0.1) is 6.61 Å². The number of ether oxygens (including phenoxy) is 2. The van der Waals surface area contributed by atoms with Crippen LogP contribution in [0.5, 0.6) is 0 Å². The molecule has 1 aliphatic heterocycles. The third kappa shape index (κ3) is 2.05. The molecule has 1 saturated heterocycles. The van der Waals surface area contributed by atoms with Crippen LogP contribution in [0.2, 0.25) is 5.02 Å². The van der Waals surface area contributed by atoms with E-state index in [4.69, 9.17) is 21.1 Å². The van der Waals surface area contributed by atoms with Crippen LogP contribution in [0.1, 0.15) is 37.4 Å². The third-order valence-corrected chi connectivity index (χ3v) is 4.15. The molecule has 3 rings (SSSR count). The maximum Gasteiger partial charge on any atom is 0.169 e. The fourth-order valence-electron chi connectivity index (χ4n) is 2.92. The molecule has 1 aromatic carbocycles. The van der Waals surface area contributed by atoms with Crippen LogP contribution in [0, 0.1) is 0 Å². The zero-order valence-corrected chi connectivity index (χ0v) is 10.9. The van der Waals surface area contributed by atoms with Gasteiger partial charge in [-0.3, -0.25) is 0 Å². The highest BCUT2D eigenvalue weighted by Gasteiger charge is 2.49. The highest BCUT2D eigenvalue weighted by molar-refractivity contribution is 6.31. The topological polar surface area (TPSA) is 38.7 Å². The van der Waals surface area contributed by atoms with Gasteiger partial charge in [-0.1, -0.05) is 29.8 Å². The molecular formula is C14H17ClO3. The second-order valence-corrected chi connectivity index (χ2v) is 5.42. The molecule has 0 bridgehead atoms. The predicted octanol–water partition coefficient (Wildman–Crippen LogP) is 3.06. The van der Waals surface area contributed by atoms with Crippen molar-refractivity contribution in [2.24, 2.45) is 0 Å². The van der Waals surface area contributed by atoms with Gasteiger partial charge in [0.25, 0.3) is 0 Å². The molecule has 4 heteroatoms. The average molecular weight is 269 g/mol. The summed E-state index contributed by atoms with van der Waals surface area (Å²) in [6, 6.07) is 7.60. The van der Waals surface area contributed by atoms with E-state index >= 15 is 0 Å². The molecule has 0 radical (unpaired) electrons. The number of benzene rings is 1. The second kappa shape index (κ2) is 4.82. The van der Waals surface area contributed by atoms with Crippen molar-refractivity contribution in [3.63, 3.8) is 0 Å². The Bertz CT molecular complexity index is 429. The van der Waals surface area contributed by atoms with Crippen molar-refractivity contribution in [1.29, 1.82) is 0 Å². The highest BCUT2D eigenvalue weighted by Crippen LogP contribution is 2.47. The first kappa shape index (κ1) is 12.4. The molecule has 1 N–H and O–H groups in total. The molecule has 1 saturated carbocycles. The molecule has 1 aliphatic carbocycles. The van der Waals surface area contributed by atoms with Gasteiger partial charge in [0.2, 0.25) is 0 Å². The first-order valence-electron chi connectivity index (χ1n) is 6.45. The number of halogens is 1. The summed E-state index contributed by atoms with van der Waals surface area (Å²) in [5.41, 5.74) is 0.905. The maximum absolute atomic E-state index is 9.48. The lowest BCUT2D eigenvalue weighted by Crippen LogP contribution is -2.27. The van der Waals surface area contributed by atoms with Gasteiger partial charge in [-0.05, 0) is 18.9 Å². The lowest BCUT2D eigenvalue weighted by Gasteiger charge is -2.22. The lowest BCUT2D eigenvalue weighted by molar-refractivity contribution is -0.172. The van der Waals surface area contributed by atoms with Crippen molar-refractivity contribution in [3.05, 3.63) is 34.9 Å². The fraction of sp³-hybridized carbons (Fsp3) is 0.571. The molecule has 2 atom stereocenters. The summed E-state index contributed by atoms with van der Waals surface area (Å²) in [6.07, 6.45) is 3.47. The van der Waals surface area contributed by atoms with Crippen LogP contribution >= 0.6 is 11.6 Å². The molecule has 2 unspecified atom stereocenters. The summed E-state index contributed by atoms with van der Waals surface area (Å²) in [6.45, 7) is -0.0440. The van der Waals surface area contributed by atoms with Gasteiger partial charge < -0.3 is 14.6 Å².